The van der Waals surface area contributed by atoms with Crippen molar-refractivity contribution in [3.05, 3.63) is 34.1 Å². The Balaban J connectivity index is 1.82. The molecule has 2 fully saturated rings. The summed E-state index contributed by atoms with van der Waals surface area (Å²) >= 11 is 3.47. The van der Waals surface area contributed by atoms with Crippen LogP contribution < -0.4 is 5.32 Å². The first kappa shape index (κ1) is 14.5. The second-order valence-corrected chi connectivity index (χ2v) is 7.09. The number of hydrogen-bond acceptors (Lipinski definition) is 2. The van der Waals surface area contributed by atoms with Crippen molar-refractivity contribution in [1.82, 2.24) is 10.2 Å². The van der Waals surface area contributed by atoms with E-state index in [1.165, 1.54) is 25.7 Å². The third-order valence-electron chi connectivity index (χ3n) is 4.53. The van der Waals surface area contributed by atoms with E-state index in [-0.39, 0.29) is 11.9 Å². The van der Waals surface area contributed by atoms with E-state index >= 15 is 0 Å². The van der Waals surface area contributed by atoms with Crippen LogP contribution in [0.5, 0.6) is 0 Å². The standard InChI is InChI=1S/C16H22BrFN2/c1-20-8-2-3-11(10-19-13-5-6-13)16(20)14-9-12(17)4-7-15(14)18/h4,7,9,11,13,16,19H,2-3,5-6,8,10H2,1H3. The number of likely N-dealkylation sites (tertiary alicyclic amines) is 1. The predicted octanol–water partition coefficient (Wildman–Crippen LogP) is 3.72. The van der Waals surface area contributed by atoms with Crippen molar-refractivity contribution >= 4 is 15.9 Å². The summed E-state index contributed by atoms with van der Waals surface area (Å²) in [6, 6.07) is 6.21. The van der Waals surface area contributed by atoms with Crippen LogP contribution >= 0.6 is 15.9 Å². The van der Waals surface area contributed by atoms with Gasteiger partial charge in [-0.15, -0.1) is 0 Å². The molecule has 110 valence electrons. The van der Waals surface area contributed by atoms with Gasteiger partial charge in [-0.05, 0) is 63.4 Å². The molecule has 2 nitrogen and oxygen atoms in total. The van der Waals surface area contributed by atoms with Gasteiger partial charge in [0.2, 0.25) is 0 Å². The van der Waals surface area contributed by atoms with Crippen molar-refractivity contribution in [1.29, 1.82) is 0 Å². The summed E-state index contributed by atoms with van der Waals surface area (Å²) in [7, 11) is 2.12. The monoisotopic (exact) mass is 340 g/mol. The maximum absolute atomic E-state index is 14.2. The maximum atomic E-state index is 14.2. The molecule has 1 saturated heterocycles. The minimum Gasteiger partial charge on any atom is -0.314 e. The highest BCUT2D eigenvalue weighted by molar-refractivity contribution is 9.10. The fourth-order valence-electron chi connectivity index (χ4n) is 3.31. The number of rotatable bonds is 4. The SMILES string of the molecule is CN1CCCC(CNC2CC2)C1c1cc(Br)ccc1F. The molecule has 0 amide bonds. The minimum atomic E-state index is -0.0802. The van der Waals surface area contributed by atoms with Crippen LogP contribution in [0.2, 0.25) is 0 Å². The zero-order chi connectivity index (χ0) is 14.1. The Morgan fingerprint density at radius 3 is 2.90 bits per heavy atom. The molecular weight excluding hydrogens is 319 g/mol. The average Bonchev–Trinajstić information content (AvgIpc) is 3.24. The second kappa shape index (κ2) is 6.12. The summed E-state index contributed by atoms with van der Waals surface area (Å²) < 4.78 is 15.2. The molecule has 1 N–H and O–H groups in total. The molecule has 1 aliphatic carbocycles. The third-order valence-corrected chi connectivity index (χ3v) is 5.02. The topological polar surface area (TPSA) is 15.3 Å². The van der Waals surface area contributed by atoms with Gasteiger partial charge in [0.05, 0.1) is 0 Å². The van der Waals surface area contributed by atoms with Crippen LogP contribution in [0.3, 0.4) is 0 Å². The van der Waals surface area contributed by atoms with E-state index in [2.05, 4.69) is 33.2 Å². The van der Waals surface area contributed by atoms with Crippen LogP contribution in [0.25, 0.3) is 0 Å². The van der Waals surface area contributed by atoms with E-state index in [9.17, 15) is 4.39 Å². The fourth-order valence-corrected chi connectivity index (χ4v) is 3.69. The van der Waals surface area contributed by atoms with Crippen molar-refractivity contribution in [2.75, 3.05) is 20.1 Å². The van der Waals surface area contributed by atoms with Gasteiger partial charge in [-0.1, -0.05) is 15.9 Å². The van der Waals surface area contributed by atoms with Gasteiger partial charge < -0.3 is 5.32 Å². The van der Waals surface area contributed by atoms with Gasteiger partial charge in [-0.25, -0.2) is 4.39 Å². The number of halogens is 2. The Kier molecular flexibility index (Phi) is 4.43. The molecule has 4 heteroatoms. The average molecular weight is 341 g/mol. The second-order valence-electron chi connectivity index (χ2n) is 6.18. The first-order chi connectivity index (χ1) is 9.65. The lowest BCUT2D eigenvalue weighted by Gasteiger charge is -2.40. The summed E-state index contributed by atoms with van der Waals surface area (Å²) in [5, 5.41) is 3.62. The molecule has 20 heavy (non-hydrogen) atoms. The van der Waals surface area contributed by atoms with E-state index < -0.39 is 0 Å². The normalized spacial score (nSPS) is 27.8. The minimum absolute atomic E-state index is 0.0802. The Hall–Kier alpha value is -0.450. The van der Waals surface area contributed by atoms with Gasteiger partial charge in [-0.2, -0.15) is 0 Å². The lowest BCUT2D eigenvalue weighted by Crippen LogP contribution is -2.41. The van der Waals surface area contributed by atoms with E-state index in [1.807, 2.05) is 6.07 Å². The van der Waals surface area contributed by atoms with E-state index in [1.54, 1.807) is 12.1 Å². The van der Waals surface area contributed by atoms with Crippen LogP contribution in [0.1, 0.15) is 37.3 Å². The van der Waals surface area contributed by atoms with Gasteiger partial charge in [0.25, 0.3) is 0 Å². The van der Waals surface area contributed by atoms with Crippen molar-refractivity contribution < 1.29 is 4.39 Å². The van der Waals surface area contributed by atoms with Crippen molar-refractivity contribution in [3.63, 3.8) is 0 Å². The quantitative estimate of drug-likeness (QED) is 0.898. The van der Waals surface area contributed by atoms with Crippen molar-refractivity contribution in [2.45, 2.75) is 37.8 Å². The van der Waals surface area contributed by atoms with Crippen molar-refractivity contribution in [2.24, 2.45) is 5.92 Å². The van der Waals surface area contributed by atoms with Gasteiger partial charge in [0, 0.05) is 28.7 Å². The van der Waals surface area contributed by atoms with Crippen LogP contribution in [0, 0.1) is 11.7 Å². The van der Waals surface area contributed by atoms with Gasteiger partial charge in [0.15, 0.2) is 0 Å². The van der Waals surface area contributed by atoms with E-state index in [0.717, 1.165) is 29.2 Å². The van der Waals surface area contributed by atoms with Crippen LogP contribution in [0.15, 0.2) is 22.7 Å². The Labute approximate surface area is 128 Å². The third kappa shape index (κ3) is 3.23. The van der Waals surface area contributed by atoms with Crippen LogP contribution in [-0.2, 0) is 0 Å². The highest BCUT2D eigenvalue weighted by atomic mass is 79.9. The maximum Gasteiger partial charge on any atom is 0.128 e. The molecule has 0 bridgehead atoms. The molecule has 0 spiro atoms. The summed E-state index contributed by atoms with van der Waals surface area (Å²) in [6.07, 6.45) is 5.00. The molecule has 2 aliphatic rings. The van der Waals surface area contributed by atoms with E-state index in [0.29, 0.717) is 5.92 Å². The van der Waals surface area contributed by atoms with Gasteiger partial charge in [0.1, 0.15) is 5.82 Å². The fraction of sp³-hybridized carbons (Fsp3) is 0.625. The molecule has 0 radical (unpaired) electrons. The zero-order valence-corrected chi connectivity index (χ0v) is 13.5. The smallest absolute Gasteiger partial charge is 0.128 e. The highest BCUT2D eigenvalue weighted by Gasteiger charge is 2.33. The zero-order valence-electron chi connectivity index (χ0n) is 11.9. The molecule has 1 saturated carbocycles. The summed E-state index contributed by atoms with van der Waals surface area (Å²) in [4.78, 5) is 2.31. The largest absolute Gasteiger partial charge is 0.314 e. The predicted molar refractivity (Wildman–Crippen MR) is 83.2 cm³/mol. The van der Waals surface area contributed by atoms with Crippen molar-refractivity contribution in [3.8, 4) is 0 Å². The molecule has 1 heterocycles. The molecule has 2 unspecified atom stereocenters. The molecule has 1 aromatic rings. The first-order valence-electron chi connectivity index (χ1n) is 7.53. The molecule has 0 aromatic heterocycles. The number of nitrogens with zero attached hydrogens (tertiary/aromatic N) is 1. The molecular formula is C16H22BrFN2. The Morgan fingerprint density at radius 2 is 2.15 bits per heavy atom. The number of piperidine rings is 1. The number of hydrogen-bond donors (Lipinski definition) is 1. The Bertz CT molecular complexity index is 476. The lowest BCUT2D eigenvalue weighted by molar-refractivity contribution is 0.116. The molecule has 2 atom stereocenters. The lowest BCUT2D eigenvalue weighted by atomic mass is 9.84. The number of benzene rings is 1. The molecule has 1 aromatic carbocycles. The van der Waals surface area contributed by atoms with Gasteiger partial charge >= 0.3 is 0 Å². The summed E-state index contributed by atoms with van der Waals surface area (Å²) in [6.45, 7) is 2.06. The summed E-state index contributed by atoms with van der Waals surface area (Å²) in [5.74, 6) is 0.418. The van der Waals surface area contributed by atoms with Crippen LogP contribution in [-0.4, -0.2) is 31.1 Å². The van der Waals surface area contributed by atoms with E-state index in [4.69, 9.17) is 0 Å². The van der Waals surface area contributed by atoms with Crippen LogP contribution in [0.4, 0.5) is 4.39 Å². The number of nitrogens with one attached hydrogen (secondary N) is 1. The Morgan fingerprint density at radius 1 is 1.35 bits per heavy atom. The highest BCUT2D eigenvalue weighted by Crippen LogP contribution is 2.37. The first-order valence-corrected chi connectivity index (χ1v) is 8.33. The molecule has 3 rings (SSSR count). The summed E-state index contributed by atoms with van der Waals surface area (Å²) in [5.41, 5.74) is 0.837. The molecule has 1 aliphatic heterocycles. The van der Waals surface area contributed by atoms with Gasteiger partial charge in [-0.3, -0.25) is 4.90 Å².